The average Bonchev–Trinajstić information content (AvgIpc) is 2.70. The number of rotatable bonds is 10. The molecule has 0 saturated heterocycles. The lowest BCUT2D eigenvalue weighted by Crippen LogP contribution is -2.16. The molecule has 2 rings (SSSR count). The summed E-state index contributed by atoms with van der Waals surface area (Å²) in [6.45, 7) is 7.88. The smallest absolute Gasteiger partial charge is 0.340 e. The van der Waals surface area contributed by atoms with E-state index in [1.807, 2.05) is 0 Å². The number of benzene rings is 2. The predicted molar refractivity (Wildman–Crippen MR) is 106 cm³/mol. The molecule has 2 aromatic rings. The summed E-state index contributed by atoms with van der Waals surface area (Å²) in [6.07, 6.45) is 4.88. The fourth-order valence-corrected chi connectivity index (χ4v) is 2.32. The molecule has 0 spiro atoms. The third kappa shape index (κ3) is 6.15. The van der Waals surface area contributed by atoms with Gasteiger partial charge >= 0.3 is 5.97 Å². The molecule has 0 unspecified atom stereocenters. The van der Waals surface area contributed by atoms with Gasteiger partial charge in [-0.25, -0.2) is 4.79 Å². The van der Waals surface area contributed by atoms with Crippen LogP contribution in [0.15, 0.2) is 73.8 Å². The minimum Gasteiger partial charge on any atom is -0.490 e. The van der Waals surface area contributed by atoms with Gasteiger partial charge in [0, 0.05) is 5.56 Å². The number of unbranched alkanes of at least 4 members (excludes halogenated alkanes) is 1. The molecule has 0 saturated carbocycles. The second-order valence-corrected chi connectivity index (χ2v) is 5.69. The molecule has 140 valence electrons. The minimum absolute atomic E-state index is 0.301. The van der Waals surface area contributed by atoms with Crippen molar-refractivity contribution >= 4 is 17.6 Å². The van der Waals surface area contributed by atoms with Gasteiger partial charge in [-0.3, -0.25) is 4.79 Å². The zero-order chi connectivity index (χ0) is 19.5. The molecule has 5 heteroatoms. The van der Waals surface area contributed by atoms with Crippen molar-refractivity contribution in [3.8, 4) is 5.75 Å². The van der Waals surface area contributed by atoms with Crippen molar-refractivity contribution in [2.45, 2.75) is 12.8 Å². The summed E-state index contributed by atoms with van der Waals surface area (Å²) < 4.78 is 10.7. The average molecular weight is 365 g/mol. The number of ether oxygens (including phenoxy) is 2. The molecule has 2 aromatic carbocycles. The van der Waals surface area contributed by atoms with Gasteiger partial charge in [-0.2, -0.15) is 0 Å². The summed E-state index contributed by atoms with van der Waals surface area (Å²) in [6, 6.07) is 13.5. The third-order valence-electron chi connectivity index (χ3n) is 3.64. The zero-order valence-corrected chi connectivity index (χ0v) is 15.1. The standard InChI is InChI=1S/C22H23NO4/c1-3-5-8-15-27-22(25)19-12-6-7-13-20(19)23-21(24)17-10-9-11-18(16-17)26-14-4-2/h3-4,6-7,9-13,16H,1-2,5,8,14-15H2,(H,23,24). The fraction of sp³-hybridized carbons (Fsp3) is 0.182. The van der Waals surface area contributed by atoms with Crippen LogP contribution in [0.1, 0.15) is 33.6 Å². The summed E-state index contributed by atoms with van der Waals surface area (Å²) >= 11 is 0. The van der Waals surface area contributed by atoms with Crippen LogP contribution in [0, 0.1) is 0 Å². The summed E-state index contributed by atoms with van der Waals surface area (Å²) in [5.41, 5.74) is 1.13. The molecule has 0 aromatic heterocycles. The summed E-state index contributed by atoms with van der Waals surface area (Å²) in [7, 11) is 0. The van der Waals surface area contributed by atoms with Gasteiger partial charge in [0.2, 0.25) is 0 Å². The van der Waals surface area contributed by atoms with Crippen molar-refractivity contribution in [2.75, 3.05) is 18.5 Å². The molecule has 0 atom stereocenters. The Balaban J connectivity index is 2.08. The van der Waals surface area contributed by atoms with Crippen molar-refractivity contribution in [1.29, 1.82) is 0 Å². The molecule has 0 aliphatic carbocycles. The van der Waals surface area contributed by atoms with E-state index in [0.717, 1.165) is 6.42 Å². The highest BCUT2D eigenvalue weighted by molar-refractivity contribution is 6.08. The van der Waals surface area contributed by atoms with Gasteiger partial charge in [-0.15, -0.1) is 6.58 Å². The molecular formula is C22H23NO4. The van der Waals surface area contributed by atoms with Gasteiger partial charge in [0.15, 0.2) is 0 Å². The monoisotopic (exact) mass is 365 g/mol. The van der Waals surface area contributed by atoms with Crippen LogP contribution in [0.5, 0.6) is 5.75 Å². The Labute approximate surface area is 159 Å². The van der Waals surface area contributed by atoms with Crippen LogP contribution in [0.2, 0.25) is 0 Å². The van der Waals surface area contributed by atoms with E-state index >= 15 is 0 Å². The summed E-state index contributed by atoms with van der Waals surface area (Å²) in [4.78, 5) is 24.9. The maximum absolute atomic E-state index is 12.6. The van der Waals surface area contributed by atoms with Gasteiger partial charge in [-0.05, 0) is 43.2 Å². The van der Waals surface area contributed by atoms with E-state index in [4.69, 9.17) is 9.47 Å². The van der Waals surface area contributed by atoms with E-state index in [2.05, 4.69) is 18.5 Å². The summed E-state index contributed by atoms with van der Waals surface area (Å²) in [5.74, 6) is -0.249. The highest BCUT2D eigenvalue weighted by Gasteiger charge is 2.15. The topological polar surface area (TPSA) is 64.6 Å². The van der Waals surface area contributed by atoms with E-state index in [1.54, 1.807) is 60.7 Å². The Hall–Kier alpha value is -3.34. The zero-order valence-electron chi connectivity index (χ0n) is 15.1. The fourth-order valence-electron chi connectivity index (χ4n) is 2.32. The molecule has 5 nitrogen and oxygen atoms in total. The Kier molecular flexibility index (Phi) is 7.85. The van der Waals surface area contributed by atoms with Crippen LogP contribution < -0.4 is 10.1 Å². The molecule has 0 radical (unpaired) electrons. The second kappa shape index (κ2) is 10.6. The van der Waals surface area contributed by atoms with E-state index < -0.39 is 5.97 Å². The first-order valence-corrected chi connectivity index (χ1v) is 8.68. The van der Waals surface area contributed by atoms with Crippen molar-refractivity contribution < 1.29 is 19.1 Å². The molecule has 1 N–H and O–H groups in total. The van der Waals surface area contributed by atoms with Crippen LogP contribution in [0.25, 0.3) is 0 Å². The Morgan fingerprint density at radius 3 is 2.63 bits per heavy atom. The van der Waals surface area contributed by atoms with Gasteiger partial charge in [0.1, 0.15) is 12.4 Å². The lowest BCUT2D eigenvalue weighted by molar-refractivity contribution is 0.0502. The number of allylic oxidation sites excluding steroid dienone is 1. The highest BCUT2D eigenvalue weighted by Crippen LogP contribution is 2.19. The summed E-state index contributed by atoms with van der Waals surface area (Å²) in [5, 5.41) is 2.76. The minimum atomic E-state index is -0.474. The predicted octanol–water partition coefficient (Wildman–Crippen LogP) is 4.63. The molecule has 0 heterocycles. The SMILES string of the molecule is C=CCCCOC(=O)c1ccccc1NC(=O)c1cccc(OCC=C)c1. The number of amides is 1. The lowest BCUT2D eigenvalue weighted by Gasteiger charge is -2.11. The first-order valence-electron chi connectivity index (χ1n) is 8.68. The quantitative estimate of drug-likeness (QED) is 0.379. The number of hydrogen-bond donors (Lipinski definition) is 1. The van der Waals surface area contributed by atoms with E-state index in [9.17, 15) is 9.59 Å². The Bertz CT molecular complexity index is 813. The number of nitrogens with one attached hydrogen (secondary N) is 1. The van der Waals surface area contributed by atoms with Crippen molar-refractivity contribution in [2.24, 2.45) is 0 Å². The Morgan fingerprint density at radius 2 is 1.85 bits per heavy atom. The number of esters is 1. The first kappa shape index (κ1) is 20.0. The van der Waals surface area contributed by atoms with E-state index in [0.29, 0.717) is 42.2 Å². The van der Waals surface area contributed by atoms with E-state index in [-0.39, 0.29) is 5.91 Å². The number of para-hydroxylation sites is 1. The number of carbonyl (C=O) groups excluding carboxylic acids is 2. The molecule has 0 aliphatic rings. The van der Waals surface area contributed by atoms with Crippen LogP contribution in [-0.2, 0) is 4.74 Å². The lowest BCUT2D eigenvalue weighted by atomic mass is 10.1. The van der Waals surface area contributed by atoms with Crippen molar-refractivity contribution in [3.05, 3.63) is 85.0 Å². The third-order valence-corrected chi connectivity index (χ3v) is 3.64. The normalized spacial score (nSPS) is 9.93. The maximum atomic E-state index is 12.6. The van der Waals surface area contributed by atoms with Crippen molar-refractivity contribution in [1.82, 2.24) is 0 Å². The second-order valence-electron chi connectivity index (χ2n) is 5.69. The first-order chi connectivity index (χ1) is 13.2. The maximum Gasteiger partial charge on any atom is 0.340 e. The molecular weight excluding hydrogens is 342 g/mol. The van der Waals surface area contributed by atoms with Gasteiger partial charge in [-0.1, -0.05) is 36.9 Å². The largest absolute Gasteiger partial charge is 0.490 e. The van der Waals surface area contributed by atoms with Gasteiger partial charge in [0.25, 0.3) is 5.91 Å². The number of anilines is 1. The molecule has 1 amide bonds. The molecule has 0 aliphatic heterocycles. The van der Waals surface area contributed by atoms with Crippen LogP contribution in [0.3, 0.4) is 0 Å². The molecule has 0 bridgehead atoms. The van der Waals surface area contributed by atoms with Gasteiger partial charge < -0.3 is 14.8 Å². The highest BCUT2D eigenvalue weighted by atomic mass is 16.5. The number of hydrogen-bond acceptors (Lipinski definition) is 4. The van der Waals surface area contributed by atoms with Gasteiger partial charge in [0.05, 0.1) is 17.9 Å². The Morgan fingerprint density at radius 1 is 1.04 bits per heavy atom. The number of carbonyl (C=O) groups is 2. The van der Waals surface area contributed by atoms with Crippen LogP contribution in [-0.4, -0.2) is 25.1 Å². The van der Waals surface area contributed by atoms with E-state index in [1.165, 1.54) is 0 Å². The van der Waals surface area contributed by atoms with Crippen molar-refractivity contribution in [3.63, 3.8) is 0 Å². The molecule has 27 heavy (non-hydrogen) atoms. The molecule has 0 fully saturated rings. The van der Waals surface area contributed by atoms with Crippen LogP contribution >= 0.6 is 0 Å². The van der Waals surface area contributed by atoms with Crippen LogP contribution in [0.4, 0.5) is 5.69 Å².